The molecule has 0 radical (unpaired) electrons. The van der Waals surface area contributed by atoms with Gasteiger partial charge in [-0.15, -0.1) is 0 Å². The number of carbonyl (C=O) groups is 7. The van der Waals surface area contributed by atoms with Crippen molar-refractivity contribution in [1.29, 1.82) is 0 Å². The van der Waals surface area contributed by atoms with E-state index < -0.39 is 84.5 Å². The van der Waals surface area contributed by atoms with E-state index in [1.54, 1.807) is 0 Å². The Morgan fingerprint density at radius 2 is 1.44 bits per heavy atom. The summed E-state index contributed by atoms with van der Waals surface area (Å²) in [5.74, 6) is -4.87. The SMILES string of the molecule is CC(=O)OCC1OC(Oc2cc3oc(=O)cc(C(=O)NCCCCN4C(=O)C=CC4=O)c3cc2Cl)C(OC(C)=O)C(OC(C)=O)C1OC(C)=O. The second-order valence-corrected chi connectivity index (χ2v) is 11.5. The van der Waals surface area contributed by atoms with Crippen molar-refractivity contribution in [3.63, 3.8) is 0 Å². The van der Waals surface area contributed by atoms with Crippen molar-refractivity contribution in [3.8, 4) is 5.75 Å². The summed E-state index contributed by atoms with van der Waals surface area (Å²) < 4.78 is 38.4. The highest BCUT2D eigenvalue weighted by Gasteiger charge is 2.53. The van der Waals surface area contributed by atoms with Gasteiger partial charge in [0, 0.05) is 70.5 Å². The highest BCUT2D eigenvalue weighted by Crippen LogP contribution is 2.36. The van der Waals surface area contributed by atoms with Crippen LogP contribution in [0.25, 0.3) is 11.0 Å². The fraction of sp³-hybridized carbons (Fsp3) is 0.438. The number of amides is 3. The molecule has 3 heterocycles. The summed E-state index contributed by atoms with van der Waals surface area (Å²) in [6, 6.07) is 3.44. The van der Waals surface area contributed by atoms with Crippen LogP contribution in [0.2, 0.25) is 5.02 Å². The first-order valence-electron chi connectivity index (χ1n) is 15.2. The van der Waals surface area contributed by atoms with Gasteiger partial charge in [-0.1, -0.05) is 11.6 Å². The molecular formula is C32H33ClN2O15. The number of ether oxygens (including phenoxy) is 6. The summed E-state index contributed by atoms with van der Waals surface area (Å²) in [7, 11) is 0. The minimum absolute atomic E-state index is 0.0777. The zero-order valence-electron chi connectivity index (χ0n) is 27.3. The molecule has 1 fully saturated rings. The Kier molecular flexibility index (Phi) is 12.3. The number of hydrogen-bond acceptors (Lipinski definition) is 15. The van der Waals surface area contributed by atoms with E-state index >= 15 is 0 Å². The molecular weight excluding hydrogens is 688 g/mol. The van der Waals surface area contributed by atoms with Gasteiger partial charge in [-0.3, -0.25) is 38.5 Å². The Morgan fingerprint density at radius 1 is 0.820 bits per heavy atom. The topological polar surface area (TPSA) is 220 Å². The van der Waals surface area contributed by atoms with Crippen LogP contribution in [-0.4, -0.2) is 96.9 Å². The summed E-state index contributed by atoms with van der Waals surface area (Å²) >= 11 is 6.55. The number of hydrogen-bond donors (Lipinski definition) is 1. The smallest absolute Gasteiger partial charge is 0.337 e. The van der Waals surface area contributed by atoms with Gasteiger partial charge in [0.25, 0.3) is 17.7 Å². The summed E-state index contributed by atoms with van der Waals surface area (Å²) in [6.07, 6.45) is -4.24. The molecule has 5 unspecified atom stereocenters. The molecule has 50 heavy (non-hydrogen) atoms. The van der Waals surface area contributed by atoms with Crippen molar-refractivity contribution < 1.29 is 66.4 Å². The van der Waals surface area contributed by atoms with Crippen molar-refractivity contribution in [2.75, 3.05) is 19.7 Å². The average Bonchev–Trinajstić information content (AvgIpc) is 3.34. The fourth-order valence-electron chi connectivity index (χ4n) is 5.19. The molecule has 1 aromatic heterocycles. The van der Waals surface area contributed by atoms with Crippen LogP contribution >= 0.6 is 11.6 Å². The van der Waals surface area contributed by atoms with Crippen molar-refractivity contribution in [3.05, 3.63) is 51.4 Å². The van der Waals surface area contributed by atoms with Crippen LogP contribution in [0.1, 0.15) is 50.9 Å². The van der Waals surface area contributed by atoms with Crippen LogP contribution in [-0.2, 0) is 52.5 Å². The predicted molar refractivity (Wildman–Crippen MR) is 168 cm³/mol. The van der Waals surface area contributed by atoms with Crippen LogP contribution in [0.5, 0.6) is 5.75 Å². The predicted octanol–water partition coefficient (Wildman–Crippen LogP) is 1.34. The summed E-state index contributed by atoms with van der Waals surface area (Å²) in [5, 5.41) is 2.68. The van der Waals surface area contributed by atoms with Gasteiger partial charge in [-0.25, -0.2) is 4.79 Å². The van der Waals surface area contributed by atoms with Gasteiger partial charge in [0.2, 0.25) is 12.4 Å². The number of nitrogens with zero attached hydrogens (tertiary/aromatic N) is 1. The Morgan fingerprint density at radius 3 is 2.06 bits per heavy atom. The lowest BCUT2D eigenvalue weighted by Gasteiger charge is -2.43. The van der Waals surface area contributed by atoms with E-state index in [0.29, 0.717) is 12.8 Å². The Balaban J connectivity index is 1.59. The standard InChI is InChI=1S/C32H33ClN2O15/c1-15(36)44-14-24-28(45-16(2)37)29(46-17(3)38)30(47-18(4)39)32(50-24)49-23-13-22-19(11-21(23)33)20(12-27(42)48-22)31(43)34-9-5-6-10-35-25(40)7-8-26(35)41/h7-8,11-13,24,28-30,32H,5-6,9-10,14H2,1-4H3,(H,34,43). The molecule has 2 aliphatic rings. The van der Waals surface area contributed by atoms with Crippen molar-refractivity contribution in [2.24, 2.45) is 0 Å². The number of rotatable bonds is 13. The first-order valence-corrected chi connectivity index (χ1v) is 15.6. The van der Waals surface area contributed by atoms with Gasteiger partial charge in [0.15, 0.2) is 12.2 Å². The molecule has 1 saturated heterocycles. The number of carbonyl (C=O) groups excluding carboxylic acids is 7. The van der Waals surface area contributed by atoms with E-state index in [0.717, 1.165) is 38.7 Å². The van der Waals surface area contributed by atoms with Gasteiger partial charge in [-0.05, 0) is 18.9 Å². The molecule has 0 saturated carbocycles. The van der Waals surface area contributed by atoms with E-state index in [2.05, 4.69) is 5.32 Å². The van der Waals surface area contributed by atoms with Gasteiger partial charge in [0.05, 0.1) is 10.6 Å². The Hall–Kier alpha value is -5.29. The summed E-state index contributed by atoms with van der Waals surface area (Å²) in [4.78, 5) is 97.9. The average molecular weight is 721 g/mol. The lowest BCUT2D eigenvalue weighted by Crippen LogP contribution is -2.63. The Bertz CT molecular complexity index is 1770. The number of nitrogens with one attached hydrogen (secondary N) is 1. The molecule has 3 amide bonds. The lowest BCUT2D eigenvalue weighted by molar-refractivity contribution is -0.288. The highest BCUT2D eigenvalue weighted by molar-refractivity contribution is 6.33. The van der Waals surface area contributed by atoms with Crippen molar-refractivity contribution >= 4 is 64.2 Å². The monoisotopic (exact) mass is 720 g/mol. The third kappa shape index (κ3) is 9.44. The molecule has 268 valence electrons. The van der Waals surface area contributed by atoms with E-state index in [1.165, 1.54) is 24.3 Å². The quantitative estimate of drug-likeness (QED) is 0.101. The normalized spacial score (nSPS) is 21.5. The van der Waals surface area contributed by atoms with Gasteiger partial charge < -0.3 is 38.2 Å². The molecule has 17 nitrogen and oxygen atoms in total. The number of benzene rings is 1. The number of esters is 4. The Labute approximate surface area is 288 Å². The molecule has 1 N–H and O–H groups in total. The lowest BCUT2D eigenvalue weighted by atomic mass is 9.98. The molecule has 5 atom stereocenters. The minimum atomic E-state index is -1.63. The third-order valence-electron chi connectivity index (χ3n) is 7.23. The second-order valence-electron chi connectivity index (χ2n) is 11.1. The van der Waals surface area contributed by atoms with Crippen LogP contribution in [0, 0.1) is 0 Å². The number of fused-ring (bicyclic) bond motifs is 1. The zero-order chi connectivity index (χ0) is 36.7. The van der Waals surface area contributed by atoms with Crippen LogP contribution in [0.4, 0.5) is 0 Å². The van der Waals surface area contributed by atoms with E-state index in [9.17, 15) is 38.4 Å². The summed E-state index contributed by atoms with van der Waals surface area (Å²) in [6.45, 7) is 4.16. The maximum atomic E-state index is 13.1. The van der Waals surface area contributed by atoms with E-state index in [1.807, 2.05) is 0 Å². The molecule has 18 heteroatoms. The zero-order valence-corrected chi connectivity index (χ0v) is 28.0. The number of imide groups is 1. The molecule has 0 bridgehead atoms. The molecule has 2 aromatic rings. The summed E-state index contributed by atoms with van der Waals surface area (Å²) in [5.41, 5.74) is -1.10. The van der Waals surface area contributed by atoms with Crippen LogP contribution < -0.4 is 15.7 Å². The van der Waals surface area contributed by atoms with E-state index in [4.69, 9.17) is 44.4 Å². The maximum Gasteiger partial charge on any atom is 0.337 e. The highest BCUT2D eigenvalue weighted by atomic mass is 35.5. The maximum absolute atomic E-state index is 13.1. The number of halogens is 1. The van der Waals surface area contributed by atoms with Crippen LogP contribution in [0.3, 0.4) is 0 Å². The van der Waals surface area contributed by atoms with Crippen molar-refractivity contribution in [2.45, 2.75) is 71.2 Å². The van der Waals surface area contributed by atoms with E-state index in [-0.39, 0.29) is 40.4 Å². The molecule has 4 rings (SSSR count). The molecule has 2 aliphatic heterocycles. The first-order chi connectivity index (χ1) is 23.6. The molecule has 0 aliphatic carbocycles. The van der Waals surface area contributed by atoms with Crippen molar-refractivity contribution in [1.82, 2.24) is 10.2 Å². The van der Waals surface area contributed by atoms with Gasteiger partial charge >= 0.3 is 29.5 Å². The minimum Gasteiger partial charge on any atom is -0.463 e. The fourth-order valence-corrected chi connectivity index (χ4v) is 5.40. The van der Waals surface area contributed by atoms with Crippen LogP contribution in [0.15, 0.2) is 39.6 Å². The second kappa shape index (κ2) is 16.4. The third-order valence-corrected chi connectivity index (χ3v) is 7.52. The number of unbranched alkanes of at least 4 members (excludes halogenated alkanes) is 1. The molecule has 1 aromatic carbocycles. The van der Waals surface area contributed by atoms with Gasteiger partial charge in [-0.2, -0.15) is 0 Å². The van der Waals surface area contributed by atoms with Gasteiger partial charge in [0.1, 0.15) is 24.0 Å². The first kappa shape index (κ1) is 37.5. The molecule has 0 spiro atoms. The largest absolute Gasteiger partial charge is 0.463 e.